The smallest absolute Gasteiger partial charge is 0.122 e. The van der Waals surface area contributed by atoms with Crippen LogP contribution in [-0.4, -0.2) is 69.7 Å². The lowest BCUT2D eigenvalue weighted by Crippen LogP contribution is -2.29. The molecule has 8 nitrogen and oxygen atoms in total. The van der Waals surface area contributed by atoms with Crippen molar-refractivity contribution in [3.8, 4) is 23.0 Å². The zero-order chi connectivity index (χ0) is 46.5. The van der Waals surface area contributed by atoms with Gasteiger partial charge in [0.2, 0.25) is 0 Å². The molecular formula is C54H80N2O6. The van der Waals surface area contributed by atoms with Gasteiger partial charge in [0.1, 0.15) is 23.0 Å². The fourth-order valence-electron chi connectivity index (χ4n) is 7.73. The molecule has 0 aromatic heterocycles. The summed E-state index contributed by atoms with van der Waals surface area (Å²) in [5, 5.41) is 44.9. The van der Waals surface area contributed by atoms with Gasteiger partial charge in [0, 0.05) is 61.5 Å². The maximum Gasteiger partial charge on any atom is 0.122 e. The van der Waals surface area contributed by atoms with Crippen molar-refractivity contribution >= 4 is 0 Å². The maximum atomic E-state index is 11.2. The number of rotatable bonds is 17. The average Bonchev–Trinajstić information content (AvgIpc) is 3.14. The van der Waals surface area contributed by atoms with Gasteiger partial charge in [0.15, 0.2) is 0 Å². The highest BCUT2D eigenvalue weighted by atomic mass is 16.5. The first-order valence-corrected chi connectivity index (χ1v) is 22.5. The van der Waals surface area contributed by atoms with Crippen LogP contribution in [0.25, 0.3) is 0 Å². The van der Waals surface area contributed by atoms with Gasteiger partial charge in [-0.15, -0.1) is 0 Å². The minimum absolute atomic E-state index is 0.0785. The van der Waals surface area contributed by atoms with E-state index in [-0.39, 0.29) is 21.7 Å². The van der Waals surface area contributed by atoms with E-state index in [9.17, 15) is 20.4 Å². The van der Waals surface area contributed by atoms with E-state index in [1.165, 1.54) is 22.3 Å². The summed E-state index contributed by atoms with van der Waals surface area (Å²) in [4.78, 5) is 4.47. The molecule has 0 bridgehead atoms. The number of aryl methyl sites for hydroxylation is 4. The number of hydrogen-bond donors (Lipinski definition) is 4. The molecule has 0 amide bonds. The Labute approximate surface area is 374 Å². The molecule has 0 atom stereocenters. The van der Waals surface area contributed by atoms with Crippen molar-refractivity contribution in [2.75, 3.05) is 39.5 Å². The van der Waals surface area contributed by atoms with Crippen LogP contribution in [0.2, 0.25) is 0 Å². The Kier molecular flexibility index (Phi) is 16.5. The summed E-state index contributed by atoms with van der Waals surface area (Å²) in [5.41, 5.74) is 11.2. The molecule has 0 saturated heterocycles. The van der Waals surface area contributed by atoms with Crippen molar-refractivity contribution < 1.29 is 29.9 Å². The van der Waals surface area contributed by atoms with Crippen LogP contribution in [0.5, 0.6) is 23.0 Å². The van der Waals surface area contributed by atoms with Gasteiger partial charge >= 0.3 is 0 Å². The van der Waals surface area contributed by atoms with Crippen LogP contribution in [0, 0.1) is 27.7 Å². The third-order valence-corrected chi connectivity index (χ3v) is 12.0. The lowest BCUT2D eigenvalue weighted by Gasteiger charge is -2.28. The van der Waals surface area contributed by atoms with Gasteiger partial charge < -0.3 is 29.9 Å². The molecule has 4 aromatic carbocycles. The Morgan fingerprint density at radius 2 is 0.565 bits per heavy atom. The Hall–Kier alpha value is -4.08. The van der Waals surface area contributed by atoms with Crippen LogP contribution in [0.4, 0.5) is 0 Å². The van der Waals surface area contributed by atoms with Crippen LogP contribution in [0.3, 0.4) is 0 Å². The first-order valence-electron chi connectivity index (χ1n) is 22.5. The predicted molar refractivity (Wildman–Crippen MR) is 256 cm³/mol. The Balaban J connectivity index is 1.47. The zero-order valence-electron chi connectivity index (χ0n) is 41.2. The number of nitrogens with zero attached hydrogens (tertiary/aromatic N) is 2. The molecule has 8 heteroatoms. The maximum absolute atomic E-state index is 11.2. The lowest BCUT2D eigenvalue weighted by atomic mass is 9.84. The van der Waals surface area contributed by atoms with E-state index in [2.05, 4.69) is 141 Å². The normalized spacial score (nSPS) is 12.9. The fourth-order valence-corrected chi connectivity index (χ4v) is 7.73. The molecule has 4 N–H and O–H groups in total. The molecule has 0 unspecified atom stereocenters. The quantitative estimate of drug-likeness (QED) is 0.0779. The van der Waals surface area contributed by atoms with E-state index in [1.807, 2.05) is 27.7 Å². The van der Waals surface area contributed by atoms with Crippen molar-refractivity contribution in [2.45, 2.75) is 159 Å². The van der Waals surface area contributed by atoms with Gasteiger partial charge in [-0.1, -0.05) is 132 Å². The molecule has 0 aliphatic rings. The number of phenolic OH excluding ortho intramolecular Hbond substituents is 4. The van der Waals surface area contributed by atoms with Gasteiger partial charge in [-0.3, -0.25) is 9.80 Å². The summed E-state index contributed by atoms with van der Waals surface area (Å²) in [6.07, 6.45) is 0. The molecule has 0 aliphatic heterocycles. The van der Waals surface area contributed by atoms with Crippen LogP contribution >= 0.6 is 0 Å². The van der Waals surface area contributed by atoms with E-state index in [1.54, 1.807) is 0 Å². The Bertz CT molecular complexity index is 1850. The van der Waals surface area contributed by atoms with Crippen LogP contribution in [0.15, 0.2) is 48.5 Å². The second-order valence-electron chi connectivity index (χ2n) is 21.8. The van der Waals surface area contributed by atoms with Gasteiger partial charge in [-0.2, -0.15) is 0 Å². The molecule has 0 saturated carbocycles. The molecule has 0 spiro atoms. The number of hydrogen-bond acceptors (Lipinski definition) is 8. The van der Waals surface area contributed by atoms with Crippen LogP contribution < -0.4 is 0 Å². The van der Waals surface area contributed by atoms with Gasteiger partial charge in [0.05, 0.1) is 26.4 Å². The summed E-state index contributed by atoms with van der Waals surface area (Å²) in [5.74, 6) is 1.20. The molecule has 0 heterocycles. The highest BCUT2D eigenvalue weighted by molar-refractivity contribution is 5.48. The molecule has 4 rings (SSSR count). The molecule has 4 aromatic rings. The van der Waals surface area contributed by atoms with Crippen molar-refractivity contribution in [3.05, 3.63) is 115 Å². The second-order valence-corrected chi connectivity index (χ2v) is 21.8. The number of ether oxygens (including phenoxy) is 2. The minimum Gasteiger partial charge on any atom is -0.507 e. The van der Waals surface area contributed by atoms with E-state index in [0.29, 0.717) is 88.7 Å². The highest BCUT2D eigenvalue weighted by Crippen LogP contribution is 2.36. The van der Waals surface area contributed by atoms with Crippen LogP contribution in [0.1, 0.15) is 150 Å². The first kappa shape index (κ1) is 50.6. The zero-order valence-corrected chi connectivity index (χ0v) is 41.2. The SMILES string of the molecule is Cc1cc(C(C)(C)C)cc(CN(CCOCCOCCN(Cc2cc(C(C)(C)C)cc(C)c2O)Cc2cc(C(C)(C)C)cc(C)c2O)Cc2cc(C(C)(C)C)cc(C)c2O)c1O. The third-order valence-electron chi connectivity index (χ3n) is 12.0. The number of benzene rings is 4. The summed E-state index contributed by atoms with van der Waals surface area (Å²) >= 11 is 0. The van der Waals surface area contributed by atoms with E-state index >= 15 is 0 Å². The Morgan fingerprint density at radius 1 is 0.355 bits per heavy atom. The summed E-state index contributed by atoms with van der Waals surface area (Å²) < 4.78 is 12.4. The summed E-state index contributed by atoms with van der Waals surface area (Å²) in [6.45, 7) is 38.8. The molecule has 342 valence electrons. The molecular weight excluding hydrogens is 773 g/mol. The van der Waals surface area contributed by atoms with Crippen molar-refractivity contribution in [2.24, 2.45) is 0 Å². The number of aromatic hydroxyl groups is 4. The topological polar surface area (TPSA) is 106 Å². The standard InChI is InChI=1S/C54H80N2O6/c1-35-23-43(51(5,6)7)27-39(47(35)57)31-55(32-40-28-44(52(8,9)10)24-36(2)48(40)58)17-19-61-21-22-62-20-18-56(33-41-29-45(53(11,12)13)25-37(3)49(41)59)34-42-30-46(54(14,15)16)26-38(4)50(42)60/h23-30,57-60H,17-22,31-34H2,1-16H3. The van der Waals surface area contributed by atoms with E-state index in [0.717, 1.165) is 44.5 Å². The van der Waals surface area contributed by atoms with Gasteiger partial charge in [-0.05, 0) is 93.9 Å². The van der Waals surface area contributed by atoms with Crippen molar-refractivity contribution in [1.82, 2.24) is 9.80 Å². The van der Waals surface area contributed by atoms with Crippen molar-refractivity contribution in [3.63, 3.8) is 0 Å². The van der Waals surface area contributed by atoms with E-state index < -0.39 is 0 Å². The second kappa shape index (κ2) is 20.2. The van der Waals surface area contributed by atoms with E-state index in [4.69, 9.17) is 9.47 Å². The minimum atomic E-state index is -0.0785. The van der Waals surface area contributed by atoms with Crippen LogP contribution in [-0.2, 0) is 57.3 Å². The largest absolute Gasteiger partial charge is 0.507 e. The molecule has 0 aliphatic carbocycles. The molecule has 62 heavy (non-hydrogen) atoms. The fraction of sp³-hybridized carbons (Fsp3) is 0.556. The lowest BCUT2D eigenvalue weighted by molar-refractivity contribution is 0.0281. The summed E-state index contributed by atoms with van der Waals surface area (Å²) in [7, 11) is 0. The molecule has 0 fully saturated rings. The average molecular weight is 853 g/mol. The predicted octanol–water partition coefficient (Wildman–Crippen LogP) is 11.7. The first-order chi connectivity index (χ1) is 28.6. The molecule has 0 radical (unpaired) electrons. The Morgan fingerprint density at radius 3 is 0.758 bits per heavy atom. The summed E-state index contributed by atoms with van der Waals surface area (Å²) in [6, 6.07) is 16.7. The van der Waals surface area contributed by atoms with Gasteiger partial charge in [0.25, 0.3) is 0 Å². The monoisotopic (exact) mass is 853 g/mol. The third kappa shape index (κ3) is 13.7. The number of phenols is 4. The van der Waals surface area contributed by atoms with Crippen molar-refractivity contribution in [1.29, 1.82) is 0 Å². The van der Waals surface area contributed by atoms with Gasteiger partial charge in [-0.25, -0.2) is 0 Å². The highest BCUT2D eigenvalue weighted by Gasteiger charge is 2.24.